The van der Waals surface area contributed by atoms with Crippen LogP contribution in [0, 0.1) is 5.41 Å². The van der Waals surface area contributed by atoms with Crippen LogP contribution in [0.25, 0.3) is 0 Å². The Morgan fingerprint density at radius 3 is 2.86 bits per heavy atom. The van der Waals surface area contributed by atoms with Crippen molar-refractivity contribution in [1.29, 1.82) is 0 Å². The average molecular weight is 310 g/mol. The number of carboxylic acid groups (broad SMARTS) is 1. The minimum absolute atomic E-state index is 0.0573. The molecule has 0 radical (unpaired) electrons. The van der Waals surface area contributed by atoms with E-state index in [1.165, 1.54) is 0 Å². The van der Waals surface area contributed by atoms with E-state index in [-0.39, 0.29) is 6.03 Å². The number of piperidine rings is 1. The molecule has 1 fully saturated rings. The van der Waals surface area contributed by atoms with Crippen LogP contribution in [0.5, 0.6) is 0 Å². The molecule has 1 aromatic heterocycles. The monoisotopic (exact) mass is 310 g/mol. The van der Waals surface area contributed by atoms with Crippen molar-refractivity contribution in [3.05, 3.63) is 22.4 Å². The molecule has 0 saturated carbocycles. The van der Waals surface area contributed by atoms with Crippen molar-refractivity contribution in [2.24, 2.45) is 5.41 Å². The van der Waals surface area contributed by atoms with Crippen molar-refractivity contribution in [2.75, 3.05) is 19.6 Å². The molecule has 116 valence electrons. The van der Waals surface area contributed by atoms with Gasteiger partial charge in [0.05, 0.1) is 12.0 Å². The molecule has 0 spiro atoms. The van der Waals surface area contributed by atoms with Crippen molar-refractivity contribution in [3.63, 3.8) is 0 Å². The number of carboxylic acids is 1. The van der Waals surface area contributed by atoms with Crippen LogP contribution in [0.4, 0.5) is 4.79 Å². The molecule has 1 aliphatic heterocycles. The minimum atomic E-state index is -0.823. The smallest absolute Gasteiger partial charge is 0.320 e. The van der Waals surface area contributed by atoms with Crippen LogP contribution in [0.15, 0.2) is 17.5 Å². The van der Waals surface area contributed by atoms with Gasteiger partial charge in [-0.05, 0) is 38.1 Å². The molecule has 1 aromatic rings. The van der Waals surface area contributed by atoms with E-state index in [9.17, 15) is 14.7 Å². The van der Waals surface area contributed by atoms with Crippen LogP contribution in [0.2, 0.25) is 0 Å². The lowest BCUT2D eigenvalue weighted by atomic mass is 9.82. The SMILES string of the molecule is CCN(Cc1cccs1)C(=O)N1CCCC(C)(C(=O)O)C1. The minimum Gasteiger partial charge on any atom is -0.481 e. The number of aliphatic carboxylic acids is 1. The van der Waals surface area contributed by atoms with Gasteiger partial charge in [0.1, 0.15) is 0 Å². The third-order valence-electron chi connectivity index (χ3n) is 4.06. The summed E-state index contributed by atoms with van der Waals surface area (Å²) in [5.74, 6) is -0.818. The van der Waals surface area contributed by atoms with Crippen molar-refractivity contribution in [1.82, 2.24) is 9.80 Å². The van der Waals surface area contributed by atoms with Gasteiger partial charge in [0.2, 0.25) is 0 Å². The van der Waals surface area contributed by atoms with Crippen LogP contribution in [0.3, 0.4) is 0 Å². The highest BCUT2D eigenvalue weighted by Crippen LogP contribution is 2.30. The summed E-state index contributed by atoms with van der Waals surface area (Å²) < 4.78 is 0. The zero-order chi connectivity index (χ0) is 15.5. The molecule has 2 rings (SSSR count). The largest absolute Gasteiger partial charge is 0.481 e. The lowest BCUT2D eigenvalue weighted by Gasteiger charge is -2.39. The van der Waals surface area contributed by atoms with E-state index < -0.39 is 11.4 Å². The highest BCUT2D eigenvalue weighted by molar-refractivity contribution is 7.09. The maximum absolute atomic E-state index is 12.6. The number of rotatable bonds is 4. The summed E-state index contributed by atoms with van der Waals surface area (Å²) in [7, 11) is 0. The first kappa shape index (κ1) is 15.8. The fraction of sp³-hybridized carbons (Fsp3) is 0.600. The van der Waals surface area contributed by atoms with Gasteiger partial charge in [-0.1, -0.05) is 6.07 Å². The van der Waals surface area contributed by atoms with E-state index >= 15 is 0 Å². The molecule has 2 heterocycles. The van der Waals surface area contributed by atoms with Crippen molar-refractivity contribution >= 4 is 23.3 Å². The summed E-state index contributed by atoms with van der Waals surface area (Å²) in [5.41, 5.74) is -0.823. The Balaban J connectivity index is 2.05. The Hall–Kier alpha value is -1.56. The highest BCUT2D eigenvalue weighted by atomic mass is 32.1. The van der Waals surface area contributed by atoms with Gasteiger partial charge in [-0.25, -0.2) is 4.79 Å². The molecule has 2 amide bonds. The predicted octanol–water partition coefficient (Wildman–Crippen LogP) is 2.88. The fourth-order valence-electron chi connectivity index (χ4n) is 2.68. The van der Waals surface area contributed by atoms with Crippen LogP contribution < -0.4 is 0 Å². The van der Waals surface area contributed by atoms with Gasteiger partial charge in [0.15, 0.2) is 0 Å². The van der Waals surface area contributed by atoms with E-state index in [1.54, 1.807) is 28.1 Å². The number of likely N-dealkylation sites (tertiary alicyclic amines) is 1. The normalized spacial score (nSPS) is 22.1. The number of hydrogen-bond donors (Lipinski definition) is 1. The number of hydrogen-bond acceptors (Lipinski definition) is 3. The molecule has 1 aliphatic rings. The zero-order valence-electron chi connectivity index (χ0n) is 12.5. The fourth-order valence-corrected chi connectivity index (χ4v) is 3.40. The van der Waals surface area contributed by atoms with Crippen LogP contribution in [-0.4, -0.2) is 46.5 Å². The van der Waals surface area contributed by atoms with E-state index in [1.807, 2.05) is 24.4 Å². The molecule has 6 heteroatoms. The molecule has 1 N–H and O–H groups in total. The maximum atomic E-state index is 12.6. The maximum Gasteiger partial charge on any atom is 0.320 e. The number of amides is 2. The van der Waals surface area contributed by atoms with Crippen LogP contribution in [0.1, 0.15) is 31.6 Å². The quantitative estimate of drug-likeness (QED) is 0.930. The van der Waals surface area contributed by atoms with Gasteiger partial charge in [-0.3, -0.25) is 4.79 Å². The molecule has 0 aromatic carbocycles. The highest BCUT2D eigenvalue weighted by Gasteiger charge is 2.40. The molecular formula is C15H22N2O3S. The average Bonchev–Trinajstić information content (AvgIpc) is 2.97. The number of thiophene rings is 1. The zero-order valence-corrected chi connectivity index (χ0v) is 13.4. The second-order valence-electron chi connectivity index (χ2n) is 5.77. The summed E-state index contributed by atoms with van der Waals surface area (Å²) in [5, 5.41) is 11.3. The summed E-state index contributed by atoms with van der Waals surface area (Å²) in [6.45, 7) is 5.82. The van der Waals surface area contributed by atoms with Crippen LogP contribution >= 0.6 is 11.3 Å². The Morgan fingerprint density at radius 2 is 2.29 bits per heavy atom. The van der Waals surface area contributed by atoms with E-state index in [0.717, 1.165) is 11.3 Å². The first-order valence-corrected chi connectivity index (χ1v) is 8.14. The molecule has 1 atom stereocenters. The molecule has 0 bridgehead atoms. The topological polar surface area (TPSA) is 60.9 Å². The molecular weight excluding hydrogens is 288 g/mol. The third kappa shape index (κ3) is 3.56. The van der Waals surface area contributed by atoms with Gasteiger partial charge in [-0.2, -0.15) is 0 Å². The number of carbonyl (C=O) groups excluding carboxylic acids is 1. The molecule has 21 heavy (non-hydrogen) atoms. The van der Waals surface area contributed by atoms with Crippen molar-refractivity contribution < 1.29 is 14.7 Å². The first-order chi connectivity index (χ1) is 9.96. The third-order valence-corrected chi connectivity index (χ3v) is 4.92. The Kier molecular flexibility index (Phi) is 4.88. The molecule has 5 nitrogen and oxygen atoms in total. The van der Waals surface area contributed by atoms with E-state index in [4.69, 9.17) is 0 Å². The Morgan fingerprint density at radius 1 is 1.52 bits per heavy atom. The van der Waals surface area contributed by atoms with Crippen molar-refractivity contribution in [3.8, 4) is 0 Å². The summed E-state index contributed by atoms with van der Waals surface area (Å²) in [4.78, 5) is 28.6. The summed E-state index contributed by atoms with van der Waals surface area (Å²) in [6, 6.07) is 3.93. The number of nitrogens with zero attached hydrogens (tertiary/aromatic N) is 2. The second kappa shape index (κ2) is 6.47. The van der Waals surface area contributed by atoms with Gasteiger partial charge in [0.25, 0.3) is 0 Å². The molecule has 1 unspecified atom stereocenters. The first-order valence-electron chi connectivity index (χ1n) is 7.26. The van der Waals surface area contributed by atoms with Gasteiger partial charge >= 0.3 is 12.0 Å². The molecule has 0 aliphatic carbocycles. The Bertz CT molecular complexity index is 503. The Labute approximate surface area is 129 Å². The van der Waals surface area contributed by atoms with Gasteiger partial charge in [0, 0.05) is 24.5 Å². The van der Waals surface area contributed by atoms with Gasteiger partial charge < -0.3 is 14.9 Å². The number of carbonyl (C=O) groups is 2. The number of urea groups is 1. The van der Waals surface area contributed by atoms with Crippen LogP contribution in [-0.2, 0) is 11.3 Å². The second-order valence-corrected chi connectivity index (χ2v) is 6.80. The van der Waals surface area contributed by atoms with Crippen molar-refractivity contribution in [2.45, 2.75) is 33.2 Å². The summed E-state index contributed by atoms with van der Waals surface area (Å²) in [6.07, 6.45) is 1.37. The van der Waals surface area contributed by atoms with E-state index in [2.05, 4.69) is 0 Å². The summed E-state index contributed by atoms with van der Waals surface area (Å²) >= 11 is 1.63. The van der Waals surface area contributed by atoms with Gasteiger partial charge in [-0.15, -0.1) is 11.3 Å². The standard InChI is InChI=1S/C15H22N2O3S/c1-3-16(10-12-6-4-9-21-12)14(20)17-8-5-7-15(2,11-17)13(18)19/h4,6,9H,3,5,7-8,10-11H2,1-2H3,(H,18,19). The molecule has 1 saturated heterocycles. The van der Waals surface area contributed by atoms with E-state index in [0.29, 0.717) is 32.6 Å². The lowest BCUT2D eigenvalue weighted by Crippen LogP contribution is -2.52. The predicted molar refractivity (Wildman–Crippen MR) is 82.3 cm³/mol. The lowest BCUT2D eigenvalue weighted by molar-refractivity contribution is -0.150.